The fourth-order valence-electron chi connectivity index (χ4n) is 6.09. The van der Waals surface area contributed by atoms with Crippen LogP contribution in [0.2, 0.25) is 0 Å². The van der Waals surface area contributed by atoms with Crippen LogP contribution in [-0.4, -0.2) is 0 Å². The highest BCUT2D eigenvalue weighted by molar-refractivity contribution is 5.32. The second kappa shape index (κ2) is 5.12. The normalized spacial score (nSPS) is 38.7. The Morgan fingerprint density at radius 3 is 2.00 bits per heavy atom. The van der Waals surface area contributed by atoms with Crippen LogP contribution >= 0.6 is 0 Å². The molecule has 0 saturated heterocycles. The second-order valence-electron chi connectivity index (χ2n) is 8.31. The molecular weight excluding hydrogens is 254 g/mol. The lowest BCUT2D eigenvalue weighted by Crippen LogP contribution is -2.53. The van der Waals surface area contributed by atoms with Crippen molar-refractivity contribution in [1.82, 2.24) is 0 Å². The minimum atomic E-state index is 0.473. The first-order valence-electron chi connectivity index (χ1n) is 9.12. The van der Waals surface area contributed by atoms with Crippen LogP contribution in [0.25, 0.3) is 0 Å². The molecule has 4 saturated carbocycles. The Kier molecular flexibility index (Phi) is 3.37. The van der Waals surface area contributed by atoms with Crippen LogP contribution in [0.5, 0.6) is 0 Å². The number of hydrogen-bond acceptors (Lipinski definition) is 0. The Hall–Kier alpha value is -0.820. The van der Waals surface area contributed by atoms with E-state index in [-0.39, 0.29) is 0 Å². The van der Waals surface area contributed by atoms with E-state index < -0.39 is 0 Å². The molecule has 0 unspecified atom stereocenters. The van der Waals surface area contributed by atoms with Gasteiger partial charge in [-0.05, 0) is 67.3 Å². The third kappa shape index (κ3) is 2.34. The predicted molar refractivity (Wildman–Crippen MR) is 86.8 cm³/mol. The SMILES string of the molecule is CCC[C@@H]([NH3+])c1ccc(C23CC4CC(CC(C4)C2)C3)cc1. The molecule has 4 aliphatic carbocycles. The van der Waals surface area contributed by atoms with Crippen molar-refractivity contribution in [2.75, 3.05) is 0 Å². The van der Waals surface area contributed by atoms with E-state index in [2.05, 4.69) is 36.9 Å². The zero-order chi connectivity index (χ0) is 14.4. The first kappa shape index (κ1) is 13.8. The third-order valence-corrected chi connectivity index (χ3v) is 6.67. The Labute approximate surface area is 129 Å². The van der Waals surface area contributed by atoms with E-state index in [9.17, 15) is 0 Å². The largest absolute Gasteiger partial charge is 0.351 e. The maximum Gasteiger partial charge on any atom is 0.110 e. The molecule has 4 aliphatic rings. The van der Waals surface area contributed by atoms with Crippen LogP contribution < -0.4 is 5.73 Å². The number of rotatable bonds is 4. The molecule has 0 heterocycles. The molecule has 3 N–H and O–H groups in total. The molecule has 5 rings (SSSR count). The van der Waals surface area contributed by atoms with Crippen molar-refractivity contribution in [2.24, 2.45) is 17.8 Å². The zero-order valence-corrected chi connectivity index (χ0v) is 13.5. The smallest absolute Gasteiger partial charge is 0.110 e. The highest BCUT2D eigenvalue weighted by Gasteiger charge is 2.51. The van der Waals surface area contributed by atoms with Crippen molar-refractivity contribution >= 4 is 0 Å². The van der Waals surface area contributed by atoms with Crippen LogP contribution in [0.3, 0.4) is 0 Å². The lowest BCUT2D eigenvalue weighted by Gasteiger charge is -2.57. The van der Waals surface area contributed by atoms with Crippen LogP contribution in [0.4, 0.5) is 0 Å². The molecular formula is C20H30N+. The number of hydrogen-bond donors (Lipinski definition) is 1. The van der Waals surface area contributed by atoms with E-state index in [0.717, 1.165) is 17.8 Å². The Morgan fingerprint density at radius 1 is 1.00 bits per heavy atom. The molecule has 0 aliphatic heterocycles. The fourth-order valence-corrected chi connectivity index (χ4v) is 6.09. The van der Waals surface area contributed by atoms with Gasteiger partial charge in [0.1, 0.15) is 6.04 Å². The van der Waals surface area contributed by atoms with E-state index in [1.54, 1.807) is 5.56 Å². The molecule has 1 heteroatoms. The number of benzene rings is 1. The Balaban J connectivity index is 1.59. The molecule has 0 aromatic heterocycles. The highest BCUT2D eigenvalue weighted by atomic mass is 14.6. The first-order chi connectivity index (χ1) is 10.2. The molecule has 4 bridgehead atoms. The summed E-state index contributed by atoms with van der Waals surface area (Å²) >= 11 is 0. The van der Waals surface area contributed by atoms with Gasteiger partial charge in [-0.3, -0.25) is 0 Å². The van der Waals surface area contributed by atoms with Crippen molar-refractivity contribution in [3.05, 3.63) is 35.4 Å². The first-order valence-corrected chi connectivity index (χ1v) is 9.12. The average molecular weight is 284 g/mol. The van der Waals surface area contributed by atoms with Gasteiger partial charge in [0.2, 0.25) is 0 Å². The summed E-state index contributed by atoms with van der Waals surface area (Å²) in [7, 11) is 0. The van der Waals surface area contributed by atoms with Crippen molar-refractivity contribution < 1.29 is 5.73 Å². The molecule has 1 atom stereocenters. The Bertz CT molecular complexity index is 466. The van der Waals surface area contributed by atoms with Gasteiger partial charge in [0.05, 0.1) is 0 Å². The summed E-state index contributed by atoms with van der Waals surface area (Å²) in [4.78, 5) is 0. The Morgan fingerprint density at radius 2 is 1.52 bits per heavy atom. The second-order valence-corrected chi connectivity index (χ2v) is 8.31. The summed E-state index contributed by atoms with van der Waals surface area (Å²) in [6, 6.07) is 10.1. The van der Waals surface area contributed by atoms with E-state index in [1.807, 2.05) is 0 Å². The standard InChI is InChI=1S/C20H29N/c1-2-3-19(21)17-4-6-18(7-5-17)20-11-14-8-15(12-20)10-16(9-14)13-20/h4-7,14-16,19H,2-3,8-13,21H2,1H3/p+1/t14?,15?,16?,19-,20?/m1/s1. The van der Waals surface area contributed by atoms with Gasteiger partial charge < -0.3 is 5.73 Å². The predicted octanol–water partition coefficient (Wildman–Crippen LogP) is 4.24. The van der Waals surface area contributed by atoms with Gasteiger partial charge in [-0.15, -0.1) is 0 Å². The third-order valence-electron chi connectivity index (χ3n) is 6.67. The summed E-state index contributed by atoms with van der Waals surface area (Å²) in [6.45, 7) is 2.25. The van der Waals surface area contributed by atoms with Crippen LogP contribution in [0.1, 0.15) is 75.5 Å². The maximum absolute atomic E-state index is 4.32. The lowest BCUT2D eigenvalue weighted by molar-refractivity contribution is -0.428. The maximum atomic E-state index is 4.32. The van der Waals surface area contributed by atoms with Crippen molar-refractivity contribution in [3.63, 3.8) is 0 Å². The van der Waals surface area contributed by atoms with Crippen molar-refractivity contribution in [1.29, 1.82) is 0 Å². The lowest BCUT2D eigenvalue weighted by atomic mass is 9.48. The highest BCUT2D eigenvalue weighted by Crippen LogP contribution is 2.60. The molecule has 1 aromatic rings. The van der Waals surface area contributed by atoms with E-state index in [0.29, 0.717) is 11.5 Å². The topological polar surface area (TPSA) is 27.6 Å². The van der Waals surface area contributed by atoms with Gasteiger partial charge >= 0.3 is 0 Å². The molecule has 21 heavy (non-hydrogen) atoms. The summed E-state index contributed by atoms with van der Waals surface area (Å²) in [5, 5.41) is 0. The summed E-state index contributed by atoms with van der Waals surface area (Å²) in [5.41, 5.74) is 7.95. The van der Waals surface area contributed by atoms with Gasteiger partial charge in [-0.1, -0.05) is 37.6 Å². The van der Waals surface area contributed by atoms with Gasteiger partial charge in [-0.25, -0.2) is 0 Å². The van der Waals surface area contributed by atoms with E-state index in [1.165, 1.54) is 56.9 Å². The van der Waals surface area contributed by atoms with Crippen LogP contribution in [0, 0.1) is 17.8 Å². The summed E-state index contributed by atoms with van der Waals surface area (Å²) in [5.74, 6) is 3.12. The molecule has 0 amide bonds. The summed E-state index contributed by atoms with van der Waals surface area (Å²) in [6.07, 6.45) is 11.5. The summed E-state index contributed by atoms with van der Waals surface area (Å²) < 4.78 is 0. The molecule has 4 fully saturated rings. The minimum absolute atomic E-state index is 0.473. The van der Waals surface area contributed by atoms with Gasteiger partial charge in [-0.2, -0.15) is 0 Å². The molecule has 1 nitrogen and oxygen atoms in total. The van der Waals surface area contributed by atoms with E-state index >= 15 is 0 Å². The van der Waals surface area contributed by atoms with Crippen LogP contribution in [0.15, 0.2) is 24.3 Å². The van der Waals surface area contributed by atoms with Gasteiger partial charge in [0.25, 0.3) is 0 Å². The van der Waals surface area contributed by atoms with E-state index in [4.69, 9.17) is 0 Å². The van der Waals surface area contributed by atoms with Gasteiger partial charge in [0, 0.05) is 12.0 Å². The molecule has 0 spiro atoms. The average Bonchev–Trinajstić information content (AvgIpc) is 2.46. The quantitative estimate of drug-likeness (QED) is 0.856. The molecule has 0 radical (unpaired) electrons. The van der Waals surface area contributed by atoms with Crippen molar-refractivity contribution in [2.45, 2.75) is 69.7 Å². The molecule has 114 valence electrons. The van der Waals surface area contributed by atoms with Crippen molar-refractivity contribution in [3.8, 4) is 0 Å². The zero-order valence-electron chi connectivity index (χ0n) is 13.5. The number of quaternary nitrogens is 1. The monoisotopic (exact) mass is 284 g/mol. The van der Waals surface area contributed by atoms with Crippen LogP contribution in [-0.2, 0) is 5.41 Å². The minimum Gasteiger partial charge on any atom is -0.351 e. The van der Waals surface area contributed by atoms with Gasteiger partial charge in [0.15, 0.2) is 0 Å². The fraction of sp³-hybridized carbons (Fsp3) is 0.700. The molecule has 1 aromatic carbocycles.